The molecule has 19 heavy (non-hydrogen) atoms. The molecule has 0 aromatic carbocycles. The molecule has 1 saturated carbocycles. The van der Waals surface area contributed by atoms with E-state index in [-0.39, 0.29) is 18.2 Å². The third-order valence-electron chi connectivity index (χ3n) is 3.35. The third kappa shape index (κ3) is 3.29. The van der Waals surface area contributed by atoms with Gasteiger partial charge in [-0.1, -0.05) is 24.6 Å². The maximum atomic E-state index is 13.1. The normalized spacial score (nSPS) is 24.4. The number of nitrogens with zero attached hydrogens (tertiary/aromatic N) is 3. The van der Waals surface area contributed by atoms with Gasteiger partial charge in [-0.05, 0) is 19.1 Å². The van der Waals surface area contributed by atoms with Crippen molar-refractivity contribution in [2.45, 2.75) is 42.9 Å². The number of aromatic nitrogens is 3. The van der Waals surface area contributed by atoms with Crippen molar-refractivity contribution in [2.75, 3.05) is 12.0 Å². The number of rotatable bonds is 2. The van der Waals surface area contributed by atoms with Gasteiger partial charge in [0.05, 0.1) is 5.92 Å². The van der Waals surface area contributed by atoms with Crippen LogP contribution in [0.5, 0.6) is 0 Å². The van der Waals surface area contributed by atoms with Crippen LogP contribution in [0.4, 0.5) is 19.1 Å². The number of hydrogen-bond acceptors (Lipinski definition) is 5. The molecule has 1 fully saturated rings. The molecule has 0 aliphatic heterocycles. The highest BCUT2D eigenvalue weighted by atomic mass is 32.2. The maximum absolute atomic E-state index is 13.1. The Bertz CT molecular complexity index is 452. The maximum Gasteiger partial charge on any atom is 0.392 e. The lowest BCUT2D eigenvalue weighted by Crippen LogP contribution is -2.32. The van der Waals surface area contributed by atoms with Crippen LogP contribution in [0.2, 0.25) is 0 Å². The minimum absolute atomic E-state index is 0.0131. The van der Waals surface area contributed by atoms with Crippen molar-refractivity contribution in [1.29, 1.82) is 0 Å². The first-order valence-electron chi connectivity index (χ1n) is 6.04. The number of thioether (sulfide) groups is 1. The zero-order chi connectivity index (χ0) is 14.0. The standard InChI is InChI=1S/C11H15F3N4S/c1-19-10-17-8(16-9(15)18-10)6-4-2-3-5-7(6)11(12,13)14/h6-7H,2-5H2,1H3,(H2,15,16,17,18). The second kappa shape index (κ2) is 5.52. The molecule has 0 spiro atoms. The number of hydrogen-bond donors (Lipinski definition) is 1. The largest absolute Gasteiger partial charge is 0.392 e. The Morgan fingerprint density at radius 3 is 2.47 bits per heavy atom. The van der Waals surface area contributed by atoms with E-state index in [1.165, 1.54) is 11.8 Å². The summed E-state index contributed by atoms with van der Waals surface area (Å²) in [6.07, 6.45) is -0.531. The fourth-order valence-corrected chi connectivity index (χ4v) is 2.85. The van der Waals surface area contributed by atoms with E-state index in [4.69, 9.17) is 5.73 Å². The Morgan fingerprint density at radius 2 is 1.84 bits per heavy atom. The smallest absolute Gasteiger partial charge is 0.368 e. The van der Waals surface area contributed by atoms with Gasteiger partial charge in [-0.3, -0.25) is 0 Å². The number of anilines is 1. The second-order valence-corrected chi connectivity index (χ2v) is 5.35. The Balaban J connectivity index is 2.34. The van der Waals surface area contributed by atoms with Crippen molar-refractivity contribution in [2.24, 2.45) is 5.92 Å². The lowest BCUT2D eigenvalue weighted by molar-refractivity contribution is -0.187. The van der Waals surface area contributed by atoms with E-state index in [2.05, 4.69) is 15.0 Å². The van der Waals surface area contributed by atoms with Gasteiger partial charge in [0.2, 0.25) is 5.95 Å². The first-order valence-corrected chi connectivity index (χ1v) is 7.26. The molecule has 8 heteroatoms. The van der Waals surface area contributed by atoms with Crippen molar-refractivity contribution in [3.63, 3.8) is 0 Å². The summed E-state index contributed by atoms with van der Waals surface area (Å²) in [5.41, 5.74) is 5.54. The van der Waals surface area contributed by atoms with Crippen LogP contribution in [-0.4, -0.2) is 27.4 Å². The Labute approximate surface area is 113 Å². The molecule has 1 aromatic heterocycles. The quantitative estimate of drug-likeness (QED) is 0.849. The molecule has 2 unspecified atom stereocenters. The summed E-state index contributed by atoms with van der Waals surface area (Å²) in [6.45, 7) is 0. The molecule has 2 N–H and O–H groups in total. The van der Waals surface area contributed by atoms with Gasteiger partial charge in [0.15, 0.2) is 5.16 Å². The zero-order valence-corrected chi connectivity index (χ0v) is 11.3. The molecular formula is C11H15F3N4S. The summed E-state index contributed by atoms with van der Waals surface area (Å²) in [4.78, 5) is 11.9. The predicted molar refractivity (Wildman–Crippen MR) is 66.8 cm³/mol. The summed E-state index contributed by atoms with van der Waals surface area (Å²) < 4.78 is 39.2. The molecule has 2 rings (SSSR count). The highest BCUT2D eigenvalue weighted by Gasteiger charge is 2.47. The number of alkyl halides is 3. The average Bonchev–Trinajstić information content (AvgIpc) is 2.37. The van der Waals surface area contributed by atoms with E-state index >= 15 is 0 Å². The van der Waals surface area contributed by atoms with E-state index in [0.717, 1.165) is 6.42 Å². The first kappa shape index (κ1) is 14.4. The second-order valence-electron chi connectivity index (χ2n) is 4.58. The van der Waals surface area contributed by atoms with Gasteiger partial charge in [-0.2, -0.15) is 23.1 Å². The van der Waals surface area contributed by atoms with E-state index in [0.29, 0.717) is 18.0 Å². The van der Waals surface area contributed by atoms with Gasteiger partial charge >= 0.3 is 6.18 Å². The molecule has 1 aliphatic carbocycles. The zero-order valence-electron chi connectivity index (χ0n) is 10.4. The third-order valence-corrected chi connectivity index (χ3v) is 3.90. The topological polar surface area (TPSA) is 64.7 Å². The molecule has 1 heterocycles. The molecular weight excluding hydrogens is 277 g/mol. The minimum atomic E-state index is -4.22. The van der Waals surface area contributed by atoms with Gasteiger partial charge in [-0.15, -0.1) is 0 Å². The predicted octanol–water partition coefficient (Wildman–Crippen LogP) is 3.01. The molecule has 2 atom stereocenters. The summed E-state index contributed by atoms with van der Waals surface area (Å²) >= 11 is 1.25. The SMILES string of the molecule is CSc1nc(N)nc(C2CCCCC2C(F)(F)F)n1. The molecule has 106 valence electrons. The van der Waals surface area contributed by atoms with Gasteiger partial charge < -0.3 is 5.73 Å². The van der Waals surface area contributed by atoms with Crippen molar-refractivity contribution < 1.29 is 13.2 Å². The van der Waals surface area contributed by atoms with E-state index in [1.54, 1.807) is 6.26 Å². The van der Waals surface area contributed by atoms with Crippen LogP contribution >= 0.6 is 11.8 Å². The van der Waals surface area contributed by atoms with Crippen LogP contribution in [0, 0.1) is 5.92 Å². The average molecular weight is 292 g/mol. The lowest BCUT2D eigenvalue weighted by Gasteiger charge is -2.31. The van der Waals surface area contributed by atoms with Crippen LogP contribution in [-0.2, 0) is 0 Å². The highest BCUT2D eigenvalue weighted by Crippen LogP contribution is 2.45. The monoisotopic (exact) mass is 292 g/mol. The molecule has 1 aliphatic rings. The van der Waals surface area contributed by atoms with Crippen LogP contribution in [0.15, 0.2) is 5.16 Å². The Kier molecular flexibility index (Phi) is 4.17. The fourth-order valence-electron chi connectivity index (χ4n) is 2.48. The van der Waals surface area contributed by atoms with Crippen molar-refractivity contribution in [3.05, 3.63) is 5.82 Å². The number of nitrogens with two attached hydrogens (primary N) is 1. The summed E-state index contributed by atoms with van der Waals surface area (Å²) in [6, 6.07) is 0. The lowest BCUT2D eigenvalue weighted by atomic mass is 9.78. The van der Waals surface area contributed by atoms with Crippen molar-refractivity contribution in [1.82, 2.24) is 15.0 Å². The molecule has 0 radical (unpaired) electrons. The minimum Gasteiger partial charge on any atom is -0.368 e. The Morgan fingerprint density at radius 1 is 1.16 bits per heavy atom. The van der Waals surface area contributed by atoms with Crippen LogP contribution in [0.3, 0.4) is 0 Å². The van der Waals surface area contributed by atoms with Crippen LogP contribution in [0.1, 0.15) is 37.4 Å². The number of halogens is 3. The van der Waals surface area contributed by atoms with Crippen molar-refractivity contribution in [3.8, 4) is 0 Å². The van der Waals surface area contributed by atoms with E-state index < -0.39 is 18.0 Å². The highest BCUT2D eigenvalue weighted by molar-refractivity contribution is 7.98. The first-order chi connectivity index (χ1) is 8.91. The molecule has 0 bridgehead atoms. The van der Waals surface area contributed by atoms with Gasteiger partial charge in [0.1, 0.15) is 5.82 Å². The molecule has 1 aromatic rings. The molecule has 0 amide bonds. The van der Waals surface area contributed by atoms with E-state index in [9.17, 15) is 13.2 Å². The molecule has 4 nitrogen and oxygen atoms in total. The van der Waals surface area contributed by atoms with Gasteiger partial charge in [-0.25, -0.2) is 4.98 Å². The summed E-state index contributed by atoms with van der Waals surface area (Å²) in [5.74, 6) is -1.91. The van der Waals surface area contributed by atoms with Gasteiger partial charge in [0, 0.05) is 5.92 Å². The van der Waals surface area contributed by atoms with Gasteiger partial charge in [0.25, 0.3) is 0 Å². The summed E-state index contributed by atoms with van der Waals surface area (Å²) in [5, 5.41) is 0.369. The Hall–Kier alpha value is -1.05. The van der Waals surface area contributed by atoms with Crippen LogP contribution < -0.4 is 5.73 Å². The molecule has 0 saturated heterocycles. The fraction of sp³-hybridized carbons (Fsp3) is 0.727. The van der Waals surface area contributed by atoms with E-state index in [1.807, 2.05) is 0 Å². The number of nitrogen functional groups attached to an aromatic ring is 1. The van der Waals surface area contributed by atoms with Crippen molar-refractivity contribution >= 4 is 17.7 Å². The summed E-state index contributed by atoms with van der Waals surface area (Å²) in [7, 11) is 0. The van der Waals surface area contributed by atoms with Crippen LogP contribution in [0.25, 0.3) is 0 Å².